The molecule has 13 heavy (non-hydrogen) atoms. The average molecular weight is 183 g/mol. The average Bonchev–Trinajstić information content (AvgIpc) is 2.12. The first kappa shape index (κ1) is 8.53. The predicted molar refractivity (Wildman–Crippen MR) is 48.5 cm³/mol. The maximum Gasteiger partial charge on any atom is 0.280 e. The summed E-state index contributed by atoms with van der Waals surface area (Å²) >= 11 is 0. The number of nitrogens with zero attached hydrogens (tertiary/aromatic N) is 2. The molecule has 0 amide bonds. The molecule has 0 bridgehead atoms. The second-order valence-electron chi connectivity index (χ2n) is 4.12. The summed E-state index contributed by atoms with van der Waals surface area (Å²) in [5.41, 5.74) is -0.429. The van der Waals surface area contributed by atoms with Crippen LogP contribution < -0.4 is 0 Å². The molecular weight excluding hydrogens is 168 g/mol. The SMILES string of the molecule is C[C@]12CCCC[C@@H]1[N+](O)=CC=[N+]2[O-]. The number of hydrogen-bond acceptors (Lipinski definition) is 2. The van der Waals surface area contributed by atoms with Crippen LogP contribution in [0.1, 0.15) is 32.6 Å². The highest BCUT2D eigenvalue weighted by molar-refractivity contribution is 6.11. The molecule has 1 aliphatic heterocycles. The molecule has 72 valence electrons. The lowest BCUT2D eigenvalue weighted by atomic mass is 9.78. The lowest BCUT2D eigenvalue weighted by Gasteiger charge is -2.35. The molecule has 2 aliphatic rings. The van der Waals surface area contributed by atoms with Crippen molar-refractivity contribution in [3.8, 4) is 0 Å². The molecule has 2 atom stereocenters. The molecule has 0 unspecified atom stereocenters. The maximum atomic E-state index is 11.6. The summed E-state index contributed by atoms with van der Waals surface area (Å²) in [6.45, 7) is 1.93. The van der Waals surface area contributed by atoms with Gasteiger partial charge in [-0.2, -0.15) is 4.74 Å². The summed E-state index contributed by atoms with van der Waals surface area (Å²) in [6, 6.07) is -0.0382. The third kappa shape index (κ3) is 1.12. The van der Waals surface area contributed by atoms with Gasteiger partial charge in [0.05, 0.1) is 0 Å². The smallest absolute Gasteiger partial charge is 0.280 e. The van der Waals surface area contributed by atoms with Crippen LogP contribution >= 0.6 is 0 Å². The van der Waals surface area contributed by atoms with Crippen molar-refractivity contribution in [2.24, 2.45) is 0 Å². The Labute approximate surface area is 77.4 Å². The molecule has 0 spiro atoms. The molecular formula is C9H15N2O2+. The van der Waals surface area contributed by atoms with E-state index in [9.17, 15) is 10.4 Å². The summed E-state index contributed by atoms with van der Waals surface area (Å²) in [6.07, 6.45) is 6.79. The Hall–Kier alpha value is -1.06. The zero-order valence-corrected chi connectivity index (χ0v) is 7.81. The van der Waals surface area contributed by atoms with Gasteiger partial charge in [-0.3, -0.25) is 5.21 Å². The van der Waals surface area contributed by atoms with Crippen LogP contribution in [0.3, 0.4) is 0 Å². The lowest BCUT2D eigenvalue weighted by Crippen LogP contribution is -2.57. The highest BCUT2D eigenvalue weighted by Gasteiger charge is 2.53. The van der Waals surface area contributed by atoms with Gasteiger partial charge < -0.3 is 5.21 Å². The van der Waals surface area contributed by atoms with Crippen LogP contribution in [0.25, 0.3) is 0 Å². The molecule has 0 aromatic rings. The normalized spacial score (nSPS) is 39.0. The largest absolute Gasteiger partial charge is 0.623 e. The van der Waals surface area contributed by atoms with Crippen LogP contribution in [0, 0.1) is 5.21 Å². The van der Waals surface area contributed by atoms with Crippen LogP contribution in [-0.2, 0) is 0 Å². The number of rotatable bonds is 0. The zero-order valence-electron chi connectivity index (χ0n) is 7.81. The summed E-state index contributed by atoms with van der Waals surface area (Å²) in [4.78, 5) is 0. The van der Waals surface area contributed by atoms with Crippen molar-refractivity contribution in [3.63, 3.8) is 0 Å². The monoisotopic (exact) mass is 183 g/mol. The summed E-state index contributed by atoms with van der Waals surface area (Å²) < 4.78 is 2.18. The first-order chi connectivity index (χ1) is 6.14. The fraction of sp³-hybridized carbons (Fsp3) is 0.778. The van der Waals surface area contributed by atoms with E-state index in [1.165, 1.54) is 17.2 Å². The second-order valence-corrected chi connectivity index (χ2v) is 4.12. The van der Waals surface area contributed by atoms with Crippen LogP contribution in [-0.4, -0.2) is 38.7 Å². The predicted octanol–water partition coefficient (Wildman–Crippen LogP) is 0.755. The Morgan fingerprint density at radius 1 is 1.46 bits per heavy atom. The Balaban J connectivity index is 2.37. The number of hydrogen-bond donors (Lipinski definition) is 1. The van der Waals surface area contributed by atoms with Crippen molar-refractivity contribution in [2.75, 3.05) is 0 Å². The van der Waals surface area contributed by atoms with Gasteiger partial charge in [0.15, 0.2) is 0 Å². The molecule has 0 radical (unpaired) electrons. The first-order valence-corrected chi connectivity index (χ1v) is 4.76. The zero-order chi connectivity index (χ0) is 9.47. The van der Waals surface area contributed by atoms with E-state index in [0.29, 0.717) is 0 Å². The van der Waals surface area contributed by atoms with E-state index in [1.54, 1.807) is 0 Å². The fourth-order valence-electron chi connectivity index (χ4n) is 2.38. The minimum Gasteiger partial charge on any atom is -0.623 e. The molecule has 4 nitrogen and oxygen atoms in total. The topological polar surface area (TPSA) is 49.3 Å². The fourth-order valence-corrected chi connectivity index (χ4v) is 2.38. The van der Waals surface area contributed by atoms with Gasteiger partial charge in [-0.25, -0.2) is 0 Å². The van der Waals surface area contributed by atoms with Gasteiger partial charge >= 0.3 is 0 Å². The van der Waals surface area contributed by atoms with Gasteiger partial charge in [-0.05, 0) is 17.6 Å². The van der Waals surface area contributed by atoms with E-state index < -0.39 is 5.54 Å². The Kier molecular flexibility index (Phi) is 1.78. The summed E-state index contributed by atoms with van der Waals surface area (Å²) in [5, 5.41) is 21.2. The van der Waals surface area contributed by atoms with Crippen LogP contribution in [0.2, 0.25) is 0 Å². The first-order valence-electron chi connectivity index (χ1n) is 4.76. The quantitative estimate of drug-likeness (QED) is 0.342. The Bertz CT molecular complexity index is 285. The second kappa shape index (κ2) is 2.72. The van der Waals surface area contributed by atoms with Gasteiger partial charge in [-0.15, -0.1) is 0 Å². The van der Waals surface area contributed by atoms with Crippen molar-refractivity contribution in [2.45, 2.75) is 44.2 Å². The summed E-state index contributed by atoms with van der Waals surface area (Å²) in [7, 11) is 0. The van der Waals surface area contributed by atoms with Gasteiger partial charge in [-0.1, -0.05) is 0 Å². The van der Waals surface area contributed by atoms with Gasteiger partial charge in [0.25, 0.3) is 12.3 Å². The van der Waals surface area contributed by atoms with E-state index in [-0.39, 0.29) is 6.04 Å². The molecule has 4 heteroatoms. The molecule has 1 fully saturated rings. The lowest BCUT2D eigenvalue weighted by molar-refractivity contribution is -0.828. The molecule has 1 N–H and O–H groups in total. The van der Waals surface area contributed by atoms with Crippen LogP contribution in [0.4, 0.5) is 0 Å². The number of hydroxylamine groups is 2. The third-order valence-corrected chi connectivity index (χ3v) is 3.31. The van der Waals surface area contributed by atoms with Gasteiger partial charge in [0.2, 0.25) is 11.8 Å². The van der Waals surface area contributed by atoms with Crippen molar-refractivity contribution < 1.29 is 14.7 Å². The van der Waals surface area contributed by atoms with Gasteiger partial charge in [0, 0.05) is 19.8 Å². The third-order valence-electron chi connectivity index (χ3n) is 3.31. The standard InChI is InChI=1S/C9H15N2O2/c1-9-5-3-2-4-8(9)10(12)6-7-11(9)13/h6-8,12H,2-5H2,1H3/q+1/t8-,9-/m0/s1. The van der Waals surface area contributed by atoms with Crippen LogP contribution in [0.5, 0.6) is 0 Å². The maximum absolute atomic E-state index is 11.6. The van der Waals surface area contributed by atoms with E-state index in [2.05, 4.69) is 0 Å². The van der Waals surface area contributed by atoms with Gasteiger partial charge in [0.1, 0.15) is 0 Å². The molecule has 0 aromatic carbocycles. The molecule has 1 heterocycles. The summed E-state index contributed by atoms with van der Waals surface area (Å²) in [5.74, 6) is 0. The van der Waals surface area contributed by atoms with Crippen molar-refractivity contribution in [1.82, 2.24) is 0 Å². The Morgan fingerprint density at radius 2 is 2.23 bits per heavy atom. The van der Waals surface area contributed by atoms with E-state index in [0.717, 1.165) is 30.4 Å². The Morgan fingerprint density at radius 3 is 2.92 bits per heavy atom. The van der Waals surface area contributed by atoms with E-state index in [1.807, 2.05) is 6.92 Å². The van der Waals surface area contributed by atoms with Crippen LogP contribution in [0.15, 0.2) is 0 Å². The highest BCUT2D eigenvalue weighted by atomic mass is 16.5. The van der Waals surface area contributed by atoms with Crippen molar-refractivity contribution >= 4 is 12.4 Å². The van der Waals surface area contributed by atoms with Crippen molar-refractivity contribution in [3.05, 3.63) is 5.21 Å². The minimum atomic E-state index is -0.429. The number of fused-ring (bicyclic) bond motifs is 1. The molecule has 1 aliphatic carbocycles. The molecule has 0 saturated heterocycles. The minimum absolute atomic E-state index is 0.0382. The van der Waals surface area contributed by atoms with E-state index >= 15 is 0 Å². The molecule has 2 rings (SSSR count). The highest BCUT2D eigenvalue weighted by Crippen LogP contribution is 2.33. The van der Waals surface area contributed by atoms with Crippen molar-refractivity contribution in [1.29, 1.82) is 0 Å². The van der Waals surface area contributed by atoms with E-state index in [4.69, 9.17) is 0 Å². The molecule has 1 saturated carbocycles. The molecule has 0 aromatic heterocycles.